The Bertz CT molecular complexity index is 457. The van der Waals surface area contributed by atoms with Gasteiger partial charge in [-0.15, -0.1) is 0 Å². The van der Waals surface area contributed by atoms with Gasteiger partial charge in [0, 0.05) is 6.54 Å². The van der Waals surface area contributed by atoms with E-state index in [2.05, 4.69) is 12.2 Å². The molecule has 18 heavy (non-hydrogen) atoms. The maximum atomic E-state index is 12.0. The molecule has 4 nitrogen and oxygen atoms in total. The number of hydrogen-bond acceptors (Lipinski definition) is 2. The monoisotopic (exact) mass is 246 g/mol. The van der Waals surface area contributed by atoms with Crippen molar-refractivity contribution in [1.82, 2.24) is 0 Å². The summed E-state index contributed by atoms with van der Waals surface area (Å²) in [6.07, 6.45) is 3.10. The number of carbonyl (C=O) groups excluding carboxylic acids is 2. The van der Waals surface area contributed by atoms with Crippen LogP contribution in [0.4, 0.5) is 11.4 Å². The van der Waals surface area contributed by atoms with Crippen LogP contribution in [0.15, 0.2) is 24.3 Å². The minimum absolute atomic E-state index is 0.0686. The van der Waals surface area contributed by atoms with Gasteiger partial charge in [-0.05, 0) is 18.6 Å². The van der Waals surface area contributed by atoms with E-state index in [-0.39, 0.29) is 18.2 Å². The van der Waals surface area contributed by atoms with E-state index in [0.29, 0.717) is 6.54 Å². The summed E-state index contributed by atoms with van der Waals surface area (Å²) in [5.41, 5.74) is 1.54. The minimum Gasteiger partial charge on any atom is -0.324 e. The van der Waals surface area contributed by atoms with Gasteiger partial charge in [-0.3, -0.25) is 9.59 Å². The third-order valence-electron chi connectivity index (χ3n) is 3.07. The average molecular weight is 246 g/mol. The molecule has 0 unspecified atom stereocenters. The van der Waals surface area contributed by atoms with E-state index in [1.54, 1.807) is 4.90 Å². The first-order valence-corrected chi connectivity index (χ1v) is 6.41. The Morgan fingerprint density at radius 2 is 2.00 bits per heavy atom. The number of nitrogens with zero attached hydrogens (tertiary/aromatic N) is 1. The van der Waals surface area contributed by atoms with Crippen molar-refractivity contribution in [3.8, 4) is 0 Å². The van der Waals surface area contributed by atoms with Gasteiger partial charge in [0.2, 0.25) is 11.8 Å². The van der Waals surface area contributed by atoms with Crippen LogP contribution in [0, 0.1) is 0 Å². The second-order valence-corrected chi connectivity index (χ2v) is 4.49. The van der Waals surface area contributed by atoms with Crippen LogP contribution in [0.3, 0.4) is 0 Å². The zero-order valence-electron chi connectivity index (χ0n) is 10.6. The molecule has 0 atom stereocenters. The van der Waals surface area contributed by atoms with E-state index in [1.807, 2.05) is 24.3 Å². The quantitative estimate of drug-likeness (QED) is 0.655. The number of hydrogen-bond donors (Lipinski definition) is 1. The Morgan fingerprint density at radius 3 is 2.78 bits per heavy atom. The summed E-state index contributed by atoms with van der Waals surface area (Å²) in [5, 5.41) is 2.77. The second kappa shape index (κ2) is 5.67. The number of carbonyl (C=O) groups is 2. The lowest BCUT2D eigenvalue weighted by Gasteiger charge is -2.22. The molecule has 0 saturated carbocycles. The molecular weight excluding hydrogens is 228 g/mol. The molecule has 0 bridgehead atoms. The smallest absolute Gasteiger partial charge is 0.236 e. The van der Waals surface area contributed by atoms with Crippen LogP contribution in [0.1, 0.15) is 32.6 Å². The maximum absolute atomic E-state index is 12.0. The van der Waals surface area contributed by atoms with Crippen molar-refractivity contribution in [2.45, 2.75) is 32.6 Å². The molecule has 1 aromatic carbocycles. The van der Waals surface area contributed by atoms with Gasteiger partial charge in [-0.1, -0.05) is 31.9 Å². The lowest BCUT2D eigenvalue weighted by molar-refractivity contribution is -0.124. The summed E-state index contributed by atoms with van der Waals surface area (Å²) in [7, 11) is 0. The van der Waals surface area contributed by atoms with Gasteiger partial charge in [0.1, 0.15) is 6.42 Å². The van der Waals surface area contributed by atoms with Gasteiger partial charge < -0.3 is 10.2 Å². The lowest BCUT2D eigenvalue weighted by atomic mass is 10.2. The van der Waals surface area contributed by atoms with E-state index in [9.17, 15) is 9.59 Å². The first-order valence-electron chi connectivity index (χ1n) is 6.41. The molecule has 1 aliphatic heterocycles. The second-order valence-electron chi connectivity index (χ2n) is 4.49. The van der Waals surface area contributed by atoms with E-state index >= 15 is 0 Å². The molecule has 1 aromatic rings. The summed E-state index contributed by atoms with van der Waals surface area (Å²) in [6, 6.07) is 7.46. The summed E-state index contributed by atoms with van der Waals surface area (Å²) in [6.45, 7) is 2.81. The van der Waals surface area contributed by atoms with Crippen LogP contribution in [0.25, 0.3) is 0 Å². The molecule has 96 valence electrons. The Hall–Kier alpha value is -1.84. The van der Waals surface area contributed by atoms with Crippen molar-refractivity contribution in [2.75, 3.05) is 16.8 Å². The van der Waals surface area contributed by atoms with Gasteiger partial charge in [0.25, 0.3) is 0 Å². The third-order valence-corrected chi connectivity index (χ3v) is 3.07. The van der Waals surface area contributed by atoms with E-state index in [0.717, 1.165) is 30.6 Å². The summed E-state index contributed by atoms with van der Waals surface area (Å²) < 4.78 is 0. The number of unbranched alkanes of at least 4 members (excludes halogenated alkanes) is 2. The molecule has 1 heterocycles. The van der Waals surface area contributed by atoms with Crippen molar-refractivity contribution < 1.29 is 9.59 Å². The number of anilines is 2. The van der Waals surface area contributed by atoms with Crippen molar-refractivity contribution >= 4 is 23.2 Å². The molecule has 0 aliphatic carbocycles. The van der Waals surface area contributed by atoms with Crippen LogP contribution in [0.5, 0.6) is 0 Å². The molecule has 2 amide bonds. The standard InChI is InChI=1S/C14H18N2O2/c1-2-3-6-9-16-12-8-5-4-7-11(12)15-13(17)10-14(16)18/h4-5,7-8H,2-3,6,9-10H2,1H3,(H,15,17). The van der Waals surface area contributed by atoms with Crippen LogP contribution < -0.4 is 10.2 Å². The highest BCUT2D eigenvalue weighted by atomic mass is 16.2. The maximum Gasteiger partial charge on any atom is 0.236 e. The SMILES string of the molecule is CCCCCN1C(=O)CC(=O)Nc2ccccc21. The van der Waals surface area contributed by atoms with Crippen molar-refractivity contribution in [3.63, 3.8) is 0 Å². The Kier molecular flexibility index (Phi) is 3.97. The fraction of sp³-hybridized carbons (Fsp3) is 0.429. The summed E-state index contributed by atoms with van der Waals surface area (Å²) in [5.74, 6) is -0.348. The highest BCUT2D eigenvalue weighted by Gasteiger charge is 2.25. The van der Waals surface area contributed by atoms with Crippen LogP contribution >= 0.6 is 0 Å². The first kappa shape index (κ1) is 12.6. The molecular formula is C14H18N2O2. The highest BCUT2D eigenvalue weighted by Crippen LogP contribution is 2.29. The zero-order chi connectivity index (χ0) is 13.0. The number of fused-ring (bicyclic) bond motifs is 1. The number of benzene rings is 1. The lowest BCUT2D eigenvalue weighted by Crippen LogP contribution is -2.31. The van der Waals surface area contributed by atoms with Crippen molar-refractivity contribution in [3.05, 3.63) is 24.3 Å². The van der Waals surface area contributed by atoms with Gasteiger partial charge in [-0.2, -0.15) is 0 Å². The predicted octanol–water partition coefficient (Wildman–Crippen LogP) is 2.55. The first-order chi connectivity index (χ1) is 8.72. The third kappa shape index (κ3) is 2.70. The van der Waals surface area contributed by atoms with Crippen molar-refractivity contribution in [2.24, 2.45) is 0 Å². The molecule has 0 aromatic heterocycles. The summed E-state index contributed by atoms with van der Waals surface area (Å²) in [4.78, 5) is 25.3. The molecule has 1 aliphatic rings. The van der Waals surface area contributed by atoms with Gasteiger partial charge in [0.05, 0.1) is 11.4 Å². The minimum atomic E-state index is -0.231. The number of nitrogens with one attached hydrogen (secondary N) is 1. The van der Waals surface area contributed by atoms with Crippen molar-refractivity contribution in [1.29, 1.82) is 0 Å². The summed E-state index contributed by atoms with van der Waals surface area (Å²) >= 11 is 0. The topological polar surface area (TPSA) is 49.4 Å². The Labute approximate surface area is 107 Å². The zero-order valence-corrected chi connectivity index (χ0v) is 10.6. The molecule has 1 N–H and O–H groups in total. The average Bonchev–Trinajstić information content (AvgIpc) is 2.46. The van der Waals surface area contributed by atoms with Crippen LogP contribution in [-0.4, -0.2) is 18.4 Å². The fourth-order valence-electron chi connectivity index (χ4n) is 2.14. The van der Waals surface area contributed by atoms with Crippen LogP contribution in [-0.2, 0) is 9.59 Å². The molecule has 0 saturated heterocycles. The van der Waals surface area contributed by atoms with E-state index in [1.165, 1.54) is 0 Å². The highest BCUT2D eigenvalue weighted by molar-refractivity contribution is 6.14. The Morgan fingerprint density at radius 1 is 1.22 bits per heavy atom. The molecule has 2 rings (SSSR count). The number of para-hydroxylation sites is 2. The van der Waals surface area contributed by atoms with E-state index < -0.39 is 0 Å². The molecule has 4 heteroatoms. The predicted molar refractivity (Wildman–Crippen MR) is 71.6 cm³/mol. The van der Waals surface area contributed by atoms with Crippen LogP contribution in [0.2, 0.25) is 0 Å². The molecule has 0 radical (unpaired) electrons. The molecule has 0 fully saturated rings. The van der Waals surface area contributed by atoms with E-state index in [4.69, 9.17) is 0 Å². The number of amides is 2. The van der Waals surface area contributed by atoms with Gasteiger partial charge in [0.15, 0.2) is 0 Å². The molecule has 0 spiro atoms. The largest absolute Gasteiger partial charge is 0.324 e. The Balaban J connectivity index is 2.25. The number of rotatable bonds is 4. The normalized spacial score (nSPS) is 15.1. The van der Waals surface area contributed by atoms with Gasteiger partial charge >= 0.3 is 0 Å². The fourth-order valence-corrected chi connectivity index (χ4v) is 2.14. The van der Waals surface area contributed by atoms with Gasteiger partial charge in [-0.25, -0.2) is 0 Å².